The molecule has 1 atom stereocenters. The molecule has 0 aliphatic heterocycles. The molecule has 0 N–H and O–H groups in total. The van der Waals surface area contributed by atoms with Crippen molar-refractivity contribution >= 4 is 0 Å². The Morgan fingerprint density at radius 3 is 2.31 bits per heavy atom. The number of hydrogen-bond acceptors (Lipinski definition) is 0. The Kier molecular flexibility index (Phi) is 9.63. The first-order chi connectivity index (χ1) is 6.31. The van der Waals surface area contributed by atoms with Crippen molar-refractivity contribution in [2.75, 3.05) is 0 Å². The van der Waals surface area contributed by atoms with Crippen molar-refractivity contribution in [1.82, 2.24) is 0 Å². The number of hydrogen-bond donors (Lipinski definition) is 0. The van der Waals surface area contributed by atoms with E-state index in [-0.39, 0.29) is 0 Å². The van der Waals surface area contributed by atoms with E-state index < -0.39 is 0 Å². The quantitative estimate of drug-likeness (QED) is 0.368. The molecule has 0 spiro atoms. The molecule has 0 rings (SSSR count). The Balaban J connectivity index is 3.16. The maximum atomic E-state index is 2.39. The molecule has 0 fully saturated rings. The molecular formula is C13H26. The van der Waals surface area contributed by atoms with Crippen LogP contribution in [-0.2, 0) is 0 Å². The van der Waals surface area contributed by atoms with Crippen LogP contribution in [0.4, 0.5) is 0 Å². The standard InChI is InChI=1S/C13H26/c1-4-6-8-9-10-12-13(3)11-7-5-2/h6,8,13H,4-5,7,9-12H2,1-3H3. The first-order valence-electron chi connectivity index (χ1n) is 5.96. The summed E-state index contributed by atoms with van der Waals surface area (Å²) in [6.45, 7) is 6.86. The predicted molar refractivity (Wildman–Crippen MR) is 62.0 cm³/mol. The maximum Gasteiger partial charge on any atom is -0.0351 e. The van der Waals surface area contributed by atoms with Crippen LogP contribution in [0.3, 0.4) is 0 Å². The first kappa shape index (κ1) is 12.7. The number of rotatable bonds is 8. The van der Waals surface area contributed by atoms with E-state index in [0.29, 0.717) is 0 Å². The van der Waals surface area contributed by atoms with Crippen LogP contribution in [0.1, 0.15) is 65.7 Å². The average molecular weight is 182 g/mol. The zero-order valence-electron chi connectivity index (χ0n) is 9.68. The monoisotopic (exact) mass is 182 g/mol. The molecule has 0 amide bonds. The maximum absolute atomic E-state index is 2.39. The highest BCUT2D eigenvalue weighted by Crippen LogP contribution is 2.15. The highest BCUT2D eigenvalue weighted by molar-refractivity contribution is 4.79. The molecule has 0 saturated carbocycles. The van der Waals surface area contributed by atoms with Crippen molar-refractivity contribution in [2.24, 2.45) is 5.92 Å². The van der Waals surface area contributed by atoms with Crippen LogP contribution in [0, 0.1) is 5.92 Å². The molecule has 0 aromatic heterocycles. The van der Waals surface area contributed by atoms with E-state index in [9.17, 15) is 0 Å². The van der Waals surface area contributed by atoms with Gasteiger partial charge in [0.05, 0.1) is 0 Å². The fraction of sp³-hybridized carbons (Fsp3) is 0.846. The van der Waals surface area contributed by atoms with Gasteiger partial charge in [0.25, 0.3) is 0 Å². The first-order valence-corrected chi connectivity index (χ1v) is 5.96. The van der Waals surface area contributed by atoms with Gasteiger partial charge in [0.15, 0.2) is 0 Å². The topological polar surface area (TPSA) is 0 Å². The molecule has 0 radical (unpaired) electrons. The summed E-state index contributed by atoms with van der Waals surface area (Å²) in [6, 6.07) is 0. The lowest BCUT2D eigenvalue weighted by Gasteiger charge is -2.08. The van der Waals surface area contributed by atoms with Crippen molar-refractivity contribution in [1.29, 1.82) is 0 Å². The largest absolute Gasteiger partial charge is 0.0888 e. The summed E-state index contributed by atoms with van der Waals surface area (Å²) < 4.78 is 0. The summed E-state index contributed by atoms with van der Waals surface area (Å²) in [5, 5.41) is 0. The number of unbranched alkanes of at least 4 members (excludes halogenated alkanes) is 2. The highest BCUT2D eigenvalue weighted by Gasteiger charge is 1.99. The Morgan fingerprint density at radius 1 is 1.00 bits per heavy atom. The number of allylic oxidation sites excluding steroid dienone is 2. The van der Waals surface area contributed by atoms with Gasteiger partial charge < -0.3 is 0 Å². The lowest BCUT2D eigenvalue weighted by Crippen LogP contribution is -1.93. The highest BCUT2D eigenvalue weighted by atomic mass is 14.1. The Bertz CT molecular complexity index is 113. The van der Waals surface area contributed by atoms with Crippen molar-refractivity contribution in [3.63, 3.8) is 0 Å². The van der Waals surface area contributed by atoms with Crippen molar-refractivity contribution in [3.8, 4) is 0 Å². The van der Waals surface area contributed by atoms with E-state index in [4.69, 9.17) is 0 Å². The molecular weight excluding hydrogens is 156 g/mol. The fourth-order valence-corrected chi connectivity index (χ4v) is 1.57. The van der Waals surface area contributed by atoms with E-state index >= 15 is 0 Å². The zero-order valence-corrected chi connectivity index (χ0v) is 9.68. The van der Waals surface area contributed by atoms with Crippen molar-refractivity contribution in [2.45, 2.75) is 65.7 Å². The molecule has 0 heterocycles. The van der Waals surface area contributed by atoms with Crippen LogP contribution < -0.4 is 0 Å². The minimum absolute atomic E-state index is 0.940. The van der Waals surface area contributed by atoms with Gasteiger partial charge in [-0.2, -0.15) is 0 Å². The van der Waals surface area contributed by atoms with Gasteiger partial charge in [-0.3, -0.25) is 0 Å². The minimum atomic E-state index is 0.940. The second-order valence-corrected chi connectivity index (χ2v) is 4.06. The lowest BCUT2D eigenvalue weighted by molar-refractivity contribution is 0.459. The minimum Gasteiger partial charge on any atom is -0.0888 e. The molecule has 0 aliphatic carbocycles. The van der Waals surface area contributed by atoms with Crippen LogP contribution in [0.25, 0.3) is 0 Å². The summed E-state index contributed by atoms with van der Waals surface area (Å²) in [6.07, 6.45) is 14.0. The van der Waals surface area contributed by atoms with Crippen LogP contribution in [-0.4, -0.2) is 0 Å². The third-order valence-electron chi connectivity index (χ3n) is 2.52. The molecule has 0 nitrogen and oxygen atoms in total. The third kappa shape index (κ3) is 9.66. The zero-order chi connectivity index (χ0) is 9.94. The lowest BCUT2D eigenvalue weighted by atomic mass is 9.98. The van der Waals surface area contributed by atoms with Gasteiger partial charge >= 0.3 is 0 Å². The van der Waals surface area contributed by atoms with Gasteiger partial charge in [-0.1, -0.05) is 58.6 Å². The Morgan fingerprint density at radius 2 is 1.69 bits per heavy atom. The van der Waals surface area contributed by atoms with Crippen LogP contribution in [0.15, 0.2) is 12.2 Å². The van der Waals surface area contributed by atoms with E-state index in [1.165, 1.54) is 44.9 Å². The van der Waals surface area contributed by atoms with Crippen LogP contribution in [0.2, 0.25) is 0 Å². The van der Waals surface area contributed by atoms with Crippen LogP contribution >= 0.6 is 0 Å². The summed E-state index contributed by atoms with van der Waals surface area (Å²) in [4.78, 5) is 0. The average Bonchev–Trinajstić information content (AvgIpc) is 2.14. The predicted octanol–water partition coefficient (Wildman–Crippen LogP) is 4.95. The summed E-state index contributed by atoms with van der Waals surface area (Å²) in [7, 11) is 0. The molecule has 1 unspecified atom stereocenters. The van der Waals surface area contributed by atoms with E-state index in [1.807, 2.05) is 0 Å². The molecule has 0 saturated heterocycles. The van der Waals surface area contributed by atoms with Crippen LogP contribution in [0.5, 0.6) is 0 Å². The second kappa shape index (κ2) is 9.83. The van der Waals surface area contributed by atoms with Crippen molar-refractivity contribution < 1.29 is 0 Å². The second-order valence-electron chi connectivity index (χ2n) is 4.06. The van der Waals surface area contributed by atoms with Gasteiger partial charge in [0, 0.05) is 0 Å². The Hall–Kier alpha value is -0.260. The summed E-state index contributed by atoms with van der Waals surface area (Å²) in [5.74, 6) is 0.940. The van der Waals surface area contributed by atoms with Crippen molar-refractivity contribution in [3.05, 3.63) is 12.2 Å². The van der Waals surface area contributed by atoms with E-state index in [2.05, 4.69) is 32.9 Å². The molecule has 0 heteroatoms. The molecule has 0 aromatic carbocycles. The summed E-state index contributed by atoms with van der Waals surface area (Å²) >= 11 is 0. The molecule has 0 aliphatic rings. The molecule has 0 aromatic rings. The third-order valence-corrected chi connectivity index (χ3v) is 2.52. The SMILES string of the molecule is CCC=CCCCC(C)CCCC. The van der Waals surface area contributed by atoms with Gasteiger partial charge in [0.2, 0.25) is 0 Å². The van der Waals surface area contributed by atoms with E-state index in [0.717, 1.165) is 5.92 Å². The fourth-order valence-electron chi connectivity index (χ4n) is 1.57. The van der Waals surface area contributed by atoms with Gasteiger partial charge in [-0.05, 0) is 25.2 Å². The Labute approximate surface area is 84.4 Å². The molecule has 0 bridgehead atoms. The smallest absolute Gasteiger partial charge is 0.0351 e. The van der Waals surface area contributed by atoms with Gasteiger partial charge in [0.1, 0.15) is 0 Å². The normalized spacial score (nSPS) is 13.8. The van der Waals surface area contributed by atoms with Gasteiger partial charge in [-0.15, -0.1) is 0 Å². The molecule has 13 heavy (non-hydrogen) atoms. The summed E-state index contributed by atoms with van der Waals surface area (Å²) in [5.41, 5.74) is 0. The van der Waals surface area contributed by atoms with Gasteiger partial charge in [-0.25, -0.2) is 0 Å². The molecule has 78 valence electrons. The van der Waals surface area contributed by atoms with E-state index in [1.54, 1.807) is 0 Å².